The molecule has 0 radical (unpaired) electrons. The summed E-state index contributed by atoms with van der Waals surface area (Å²) in [6.45, 7) is 4.30. The van der Waals surface area contributed by atoms with E-state index in [-0.39, 0.29) is 5.92 Å². The van der Waals surface area contributed by atoms with E-state index in [2.05, 4.69) is 5.32 Å². The van der Waals surface area contributed by atoms with Crippen molar-refractivity contribution in [3.05, 3.63) is 59.2 Å². The van der Waals surface area contributed by atoms with E-state index in [1.807, 2.05) is 26.0 Å². The first-order valence-corrected chi connectivity index (χ1v) is 9.67. The Labute approximate surface area is 173 Å². The van der Waals surface area contributed by atoms with Crippen molar-refractivity contribution in [3.63, 3.8) is 0 Å². The SMILES string of the molecule is CC(C)[C@H](NC(=O)COC(=O)c1c(F)cccc1F)c1ccc2c(c1)OCCCO2. The fraction of sp³-hybridized carbons (Fsp3) is 0.364. The van der Waals surface area contributed by atoms with Crippen LogP contribution in [0, 0.1) is 17.6 Å². The number of nitrogens with one attached hydrogen (secondary N) is 1. The van der Waals surface area contributed by atoms with Gasteiger partial charge in [-0.1, -0.05) is 26.0 Å². The van der Waals surface area contributed by atoms with Crippen molar-refractivity contribution in [2.45, 2.75) is 26.3 Å². The summed E-state index contributed by atoms with van der Waals surface area (Å²) in [5.41, 5.74) is -0.0253. The van der Waals surface area contributed by atoms with Gasteiger partial charge in [-0.2, -0.15) is 0 Å². The van der Waals surface area contributed by atoms with E-state index in [0.29, 0.717) is 24.7 Å². The minimum absolute atomic E-state index is 0.0124. The van der Waals surface area contributed by atoms with Crippen molar-refractivity contribution < 1.29 is 32.6 Å². The topological polar surface area (TPSA) is 73.9 Å². The molecule has 0 bridgehead atoms. The van der Waals surface area contributed by atoms with Gasteiger partial charge in [0.1, 0.15) is 17.2 Å². The van der Waals surface area contributed by atoms with Crippen molar-refractivity contribution >= 4 is 11.9 Å². The highest BCUT2D eigenvalue weighted by Gasteiger charge is 2.23. The molecule has 3 rings (SSSR count). The molecule has 30 heavy (non-hydrogen) atoms. The Morgan fingerprint density at radius 1 is 1.07 bits per heavy atom. The monoisotopic (exact) mass is 419 g/mol. The van der Waals surface area contributed by atoms with Crippen LogP contribution >= 0.6 is 0 Å². The van der Waals surface area contributed by atoms with Crippen LogP contribution in [0.15, 0.2) is 36.4 Å². The largest absolute Gasteiger partial charge is 0.490 e. The predicted molar refractivity (Wildman–Crippen MR) is 104 cm³/mol. The maximum absolute atomic E-state index is 13.7. The van der Waals surface area contributed by atoms with Gasteiger partial charge in [-0.3, -0.25) is 4.79 Å². The van der Waals surface area contributed by atoms with Gasteiger partial charge in [0.2, 0.25) is 0 Å². The number of carbonyl (C=O) groups excluding carboxylic acids is 2. The number of benzene rings is 2. The molecule has 160 valence electrons. The third kappa shape index (κ3) is 5.06. The zero-order valence-electron chi connectivity index (χ0n) is 16.7. The molecule has 0 fully saturated rings. The van der Waals surface area contributed by atoms with Gasteiger partial charge >= 0.3 is 5.97 Å². The van der Waals surface area contributed by atoms with Crippen LogP contribution in [0.1, 0.15) is 42.2 Å². The van der Waals surface area contributed by atoms with E-state index < -0.39 is 41.7 Å². The summed E-state index contributed by atoms with van der Waals surface area (Å²) >= 11 is 0. The smallest absolute Gasteiger partial charge is 0.344 e. The number of rotatable bonds is 6. The average Bonchev–Trinajstić information content (AvgIpc) is 2.95. The highest BCUT2D eigenvalue weighted by molar-refractivity contribution is 5.91. The molecule has 1 aliphatic rings. The van der Waals surface area contributed by atoms with E-state index in [1.54, 1.807) is 6.07 Å². The van der Waals surface area contributed by atoms with E-state index in [1.165, 1.54) is 0 Å². The van der Waals surface area contributed by atoms with Gasteiger partial charge in [0, 0.05) is 6.42 Å². The summed E-state index contributed by atoms with van der Waals surface area (Å²) in [6.07, 6.45) is 0.780. The number of hydrogen-bond acceptors (Lipinski definition) is 5. The Kier molecular flexibility index (Phi) is 6.87. The Morgan fingerprint density at radius 2 is 1.73 bits per heavy atom. The number of carbonyl (C=O) groups is 2. The highest BCUT2D eigenvalue weighted by Crippen LogP contribution is 2.34. The number of hydrogen-bond donors (Lipinski definition) is 1. The maximum Gasteiger partial charge on any atom is 0.344 e. The first-order valence-electron chi connectivity index (χ1n) is 9.67. The summed E-state index contributed by atoms with van der Waals surface area (Å²) in [5, 5.41) is 2.79. The molecule has 2 aromatic carbocycles. The number of esters is 1. The molecule has 1 amide bonds. The van der Waals surface area contributed by atoms with E-state index in [0.717, 1.165) is 30.2 Å². The molecule has 6 nitrogen and oxygen atoms in total. The van der Waals surface area contributed by atoms with Crippen LogP contribution in [-0.2, 0) is 9.53 Å². The van der Waals surface area contributed by atoms with Gasteiger partial charge in [0.05, 0.1) is 19.3 Å². The maximum atomic E-state index is 13.7. The molecular formula is C22H23F2NO5. The minimum Gasteiger partial charge on any atom is -0.490 e. The molecule has 1 atom stereocenters. The van der Waals surface area contributed by atoms with Gasteiger partial charge in [0.15, 0.2) is 18.1 Å². The molecule has 2 aromatic rings. The van der Waals surface area contributed by atoms with Crippen molar-refractivity contribution in [2.24, 2.45) is 5.92 Å². The fourth-order valence-corrected chi connectivity index (χ4v) is 3.12. The minimum atomic E-state index is -1.24. The molecule has 1 N–H and O–H groups in total. The Morgan fingerprint density at radius 3 is 2.40 bits per heavy atom. The van der Waals surface area contributed by atoms with E-state index >= 15 is 0 Å². The number of fused-ring (bicyclic) bond motifs is 1. The molecule has 8 heteroatoms. The van der Waals surface area contributed by atoms with Crippen LogP contribution in [0.3, 0.4) is 0 Å². The quantitative estimate of drug-likeness (QED) is 0.721. The van der Waals surface area contributed by atoms with Gasteiger partial charge in [0.25, 0.3) is 5.91 Å². The van der Waals surface area contributed by atoms with Crippen LogP contribution in [0.4, 0.5) is 8.78 Å². The summed E-state index contributed by atoms with van der Waals surface area (Å²) in [4.78, 5) is 24.3. The average molecular weight is 419 g/mol. The molecule has 1 aliphatic heterocycles. The molecule has 0 saturated carbocycles. The van der Waals surface area contributed by atoms with Crippen LogP contribution in [0.25, 0.3) is 0 Å². The molecule has 0 saturated heterocycles. The molecular weight excluding hydrogens is 396 g/mol. The first-order chi connectivity index (χ1) is 14.4. The van der Waals surface area contributed by atoms with Gasteiger partial charge in [-0.25, -0.2) is 13.6 Å². The summed E-state index contributed by atoms with van der Waals surface area (Å²) < 4.78 is 43.4. The zero-order valence-corrected chi connectivity index (χ0v) is 16.7. The molecule has 0 unspecified atom stereocenters. The standard InChI is InChI=1S/C22H23F2NO5/c1-13(2)21(14-7-8-17-18(11-14)29-10-4-9-28-17)25-19(26)12-30-22(27)20-15(23)5-3-6-16(20)24/h3,5-8,11,13,21H,4,9-10,12H2,1-2H3,(H,25,26)/t21-/m0/s1. The number of ether oxygens (including phenoxy) is 3. The van der Waals surface area contributed by atoms with Crippen LogP contribution in [-0.4, -0.2) is 31.7 Å². The fourth-order valence-electron chi connectivity index (χ4n) is 3.12. The summed E-state index contributed by atoms with van der Waals surface area (Å²) in [7, 11) is 0. The predicted octanol–water partition coefficient (Wildman–Crippen LogP) is 3.80. The van der Waals surface area contributed by atoms with E-state index in [4.69, 9.17) is 14.2 Å². The van der Waals surface area contributed by atoms with Crippen LogP contribution in [0.5, 0.6) is 11.5 Å². The lowest BCUT2D eigenvalue weighted by molar-refractivity contribution is -0.125. The lowest BCUT2D eigenvalue weighted by atomic mass is 9.95. The van der Waals surface area contributed by atoms with Crippen molar-refractivity contribution in [1.29, 1.82) is 0 Å². The second-order valence-electron chi connectivity index (χ2n) is 7.22. The Hall–Kier alpha value is -3.16. The lowest BCUT2D eigenvalue weighted by Gasteiger charge is -2.24. The highest BCUT2D eigenvalue weighted by atomic mass is 19.1. The van der Waals surface area contributed by atoms with Crippen molar-refractivity contribution in [3.8, 4) is 11.5 Å². The second kappa shape index (κ2) is 9.56. The zero-order chi connectivity index (χ0) is 21.7. The van der Waals surface area contributed by atoms with Crippen molar-refractivity contribution in [2.75, 3.05) is 19.8 Å². The van der Waals surface area contributed by atoms with E-state index in [9.17, 15) is 18.4 Å². The Balaban J connectivity index is 1.66. The van der Waals surface area contributed by atoms with Gasteiger partial charge in [-0.05, 0) is 35.7 Å². The third-order valence-corrected chi connectivity index (χ3v) is 4.62. The molecule has 0 spiro atoms. The third-order valence-electron chi connectivity index (χ3n) is 4.62. The summed E-state index contributed by atoms with van der Waals surface area (Å²) in [5.74, 6) is -2.67. The number of halogens is 2. The van der Waals surface area contributed by atoms with Crippen LogP contribution < -0.4 is 14.8 Å². The van der Waals surface area contributed by atoms with Crippen LogP contribution in [0.2, 0.25) is 0 Å². The molecule has 1 heterocycles. The van der Waals surface area contributed by atoms with Gasteiger partial charge < -0.3 is 19.5 Å². The van der Waals surface area contributed by atoms with Gasteiger partial charge in [-0.15, -0.1) is 0 Å². The number of amides is 1. The lowest BCUT2D eigenvalue weighted by Crippen LogP contribution is -2.35. The molecule has 0 aliphatic carbocycles. The normalized spacial score (nSPS) is 14.0. The first kappa shape index (κ1) is 21.5. The molecule has 0 aromatic heterocycles. The second-order valence-corrected chi connectivity index (χ2v) is 7.22. The Bertz CT molecular complexity index is 911. The van der Waals surface area contributed by atoms with Crippen molar-refractivity contribution in [1.82, 2.24) is 5.32 Å². The summed E-state index contributed by atoms with van der Waals surface area (Å²) in [6, 6.07) is 8.07.